The number of aliphatic carboxylic acids is 1. The van der Waals surface area contributed by atoms with Crippen molar-refractivity contribution in [2.75, 3.05) is 19.1 Å². The van der Waals surface area contributed by atoms with Crippen LogP contribution in [0, 0.1) is 11.8 Å². The Labute approximate surface area is 263 Å². The van der Waals surface area contributed by atoms with Crippen LogP contribution in [0.3, 0.4) is 0 Å². The van der Waals surface area contributed by atoms with Crippen molar-refractivity contribution in [2.45, 2.75) is 61.3 Å². The highest BCUT2D eigenvalue weighted by atomic mass is 32.2. The maximum absolute atomic E-state index is 13.7. The molecule has 1 aromatic heterocycles. The number of nitrogens with one attached hydrogen (secondary N) is 2. The van der Waals surface area contributed by atoms with Crippen molar-refractivity contribution in [3.05, 3.63) is 72.4 Å². The number of pyridine rings is 1. The van der Waals surface area contributed by atoms with Gasteiger partial charge in [-0.05, 0) is 55.7 Å². The number of aliphatic hydroxyl groups is 1. The number of hydrogen-bond donors (Lipinski definition) is 4. The number of fused-ring (bicyclic) bond motifs is 1. The van der Waals surface area contributed by atoms with Crippen molar-refractivity contribution in [1.82, 2.24) is 15.0 Å². The van der Waals surface area contributed by atoms with Crippen LogP contribution in [0.15, 0.2) is 71.8 Å². The molecule has 45 heavy (non-hydrogen) atoms. The van der Waals surface area contributed by atoms with E-state index in [1.807, 2.05) is 0 Å². The first kappa shape index (κ1) is 34.4. The number of sulfonamides is 1. The lowest BCUT2D eigenvalue weighted by atomic mass is 9.74. The van der Waals surface area contributed by atoms with E-state index in [1.165, 1.54) is 25.4 Å². The third-order valence-electron chi connectivity index (χ3n) is 8.22. The monoisotopic (exact) mass is 661 g/mol. The van der Waals surface area contributed by atoms with Crippen LogP contribution in [0.2, 0.25) is 0 Å². The summed E-state index contributed by atoms with van der Waals surface area (Å²) >= 11 is 0. The largest absolute Gasteiger partial charge is 0.481 e. The van der Waals surface area contributed by atoms with E-state index < -0.39 is 67.5 Å². The molecule has 12 nitrogen and oxygen atoms in total. The minimum atomic E-state index is -4.26. The topological polar surface area (TPSA) is 189 Å². The molecule has 0 radical (unpaired) electrons. The number of hydrogen-bond acceptors (Lipinski definition) is 9. The highest BCUT2D eigenvalue weighted by molar-refractivity contribution is 7.92. The standard InChI is InChI=1S/C31H39N3O9S2/c1-43-23-14-13-22(24(18-23)31(37)38)17-27(35)25(16-20-8-4-3-5-9-20)33-30(36)26(34-44(2,39)40)19-45(41,42)28-12-6-10-21-11-7-15-32-29(21)28/h3-12,15,22-27,34-35H,13-14,16-19H2,1-2H3,(H,33,36)(H,37,38). The molecule has 6 unspecified atom stereocenters. The van der Waals surface area contributed by atoms with Gasteiger partial charge in [-0.3, -0.25) is 14.6 Å². The Bertz CT molecular complexity index is 1700. The van der Waals surface area contributed by atoms with Gasteiger partial charge in [-0.15, -0.1) is 0 Å². The summed E-state index contributed by atoms with van der Waals surface area (Å²) in [7, 11) is -6.78. The number of benzene rings is 2. The third kappa shape index (κ3) is 9.30. The van der Waals surface area contributed by atoms with Crippen LogP contribution in [-0.2, 0) is 40.6 Å². The van der Waals surface area contributed by atoms with Crippen LogP contribution in [0.5, 0.6) is 0 Å². The second kappa shape index (κ2) is 14.8. The molecule has 1 aliphatic rings. The second-order valence-electron chi connectivity index (χ2n) is 11.5. The average Bonchev–Trinajstić information content (AvgIpc) is 2.99. The number of carboxylic acids is 1. The van der Waals surface area contributed by atoms with Crippen molar-refractivity contribution in [2.24, 2.45) is 11.8 Å². The summed E-state index contributed by atoms with van der Waals surface area (Å²) < 4.78 is 59.3. The Kier molecular flexibility index (Phi) is 11.3. The molecule has 1 aliphatic carbocycles. The Balaban J connectivity index is 1.61. The summed E-state index contributed by atoms with van der Waals surface area (Å²) in [6.07, 6.45) is 2.41. The van der Waals surface area contributed by atoms with E-state index in [0.29, 0.717) is 24.6 Å². The molecule has 1 fully saturated rings. The maximum Gasteiger partial charge on any atom is 0.306 e. The van der Waals surface area contributed by atoms with Gasteiger partial charge in [-0.2, -0.15) is 0 Å². The highest BCUT2D eigenvalue weighted by Crippen LogP contribution is 2.35. The van der Waals surface area contributed by atoms with Gasteiger partial charge in [0.25, 0.3) is 0 Å². The van der Waals surface area contributed by atoms with Gasteiger partial charge in [-0.1, -0.05) is 48.5 Å². The van der Waals surface area contributed by atoms with Gasteiger partial charge in [-0.25, -0.2) is 21.6 Å². The lowest BCUT2D eigenvalue weighted by Gasteiger charge is -2.36. The Hall–Kier alpha value is -3.43. The molecule has 4 rings (SSSR count). The fourth-order valence-corrected chi connectivity index (χ4v) is 8.38. The molecule has 6 atom stereocenters. The highest BCUT2D eigenvalue weighted by Gasteiger charge is 2.39. The van der Waals surface area contributed by atoms with E-state index >= 15 is 0 Å². The number of methoxy groups -OCH3 is 1. The van der Waals surface area contributed by atoms with Crippen molar-refractivity contribution in [3.8, 4) is 0 Å². The molecular weight excluding hydrogens is 622 g/mol. The number of amides is 1. The van der Waals surface area contributed by atoms with E-state index in [2.05, 4.69) is 15.0 Å². The first-order chi connectivity index (χ1) is 21.3. The van der Waals surface area contributed by atoms with Gasteiger partial charge in [0.05, 0.1) is 46.6 Å². The molecule has 3 aromatic rings. The van der Waals surface area contributed by atoms with E-state index in [4.69, 9.17) is 4.74 Å². The summed E-state index contributed by atoms with van der Waals surface area (Å²) in [6.45, 7) is 0. The van der Waals surface area contributed by atoms with Crippen molar-refractivity contribution >= 4 is 42.6 Å². The van der Waals surface area contributed by atoms with Gasteiger partial charge in [0.15, 0.2) is 9.84 Å². The molecule has 244 valence electrons. The van der Waals surface area contributed by atoms with Crippen molar-refractivity contribution < 1.29 is 41.4 Å². The average molecular weight is 662 g/mol. The summed E-state index contributed by atoms with van der Waals surface area (Å²) in [6, 6.07) is 14.1. The number of aliphatic hydroxyl groups excluding tert-OH is 1. The first-order valence-electron chi connectivity index (χ1n) is 14.6. The molecule has 1 amide bonds. The van der Waals surface area contributed by atoms with Gasteiger partial charge >= 0.3 is 5.97 Å². The van der Waals surface area contributed by atoms with E-state index in [0.717, 1.165) is 11.8 Å². The predicted molar refractivity (Wildman–Crippen MR) is 168 cm³/mol. The quantitative estimate of drug-likeness (QED) is 0.199. The number of rotatable bonds is 14. The van der Waals surface area contributed by atoms with Crippen LogP contribution in [0.4, 0.5) is 0 Å². The molecule has 4 N–H and O–H groups in total. The predicted octanol–water partition coefficient (Wildman–Crippen LogP) is 1.92. The lowest BCUT2D eigenvalue weighted by Crippen LogP contribution is -2.55. The number of carbonyl (C=O) groups excluding carboxylic acids is 1. The molecule has 0 aliphatic heterocycles. The molecule has 14 heteroatoms. The SMILES string of the molecule is COC1CCC(CC(O)C(Cc2ccccc2)NC(=O)C(CS(=O)(=O)c2cccc3cccnc23)NS(C)(=O)=O)C(C(=O)O)C1. The van der Waals surface area contributed by atoms with Crippen molar-refractivity contribution in [1.29, 1.82) is 0 Å². The number of sulfone groups is 1. The molecule has 1 saturated carbocycles. The summed E-state index contributed by atoms with van der Waals surface area (Å²) in [5.41, 5.74) is 0.939. The number of ether oxygens (including phenoxy) is 1. The second-order valence-corrected chi connectivity index (χ2v) is 15.3. The van der Waals surface area contributed by atoms with Gasteiger partial charge in [0.2, 0.25) is 15.9 Å². The smallest absolute Gasteiger partial charge is 0.306 e. The number of nitrogens with zero attached hydrogens (tertiary/aromatic N) is 1. The third-order valence-corrected chi connectivity index (χ3v) is 10.7. The van der Waals surface area contributed by atoms with Crippen LogP contribution in [0.25, 0.3) is 10.9 Å². The van der Waals surface area contributed by atoms with Gasteiger partial charge in [0.1, 0.15) is 6.04 Å². The summed E-state index contributed by atoms with van der Waals surface area (Å²) in [4.78, 5) is 29.8. The maximum atomic E-state index is 13.7. The fourth-order valence-electron chi connectivity index (χ4n) is 5.96. The molecule has 0 bridgehead atoms. The Morgan fingerprint density at radius 3 is 2.40 bits per heavy atom. The Morgan fingerprint density at radius 1 is 1.02 bits per heavy atom. The minimum absolute atomic E-state index is 0.0509. The number of carbonyl (C=O) groups is 2. The number of para-hydroxylation sites is 1. The zero-order chi connectivity index (χ0) is 32.8. The van der Waals surface area contributed by atoms with Gasteiger partial charge in [0, 0.05) is 18.7 Å². The molecule has 2 aromatic carbocycles. The first-order valence-corrected chi connectivity index (χ1v) is 18.1. The fraction of sp³-hybridized carbons (Fsp3) is 0.452. The van der Waals surface area contributed by atoms with Gasteiger partial charge < -0.3 is 20.3 Å². The van der Waals surface area contributed by atoms with Crippen molar-refractivity contribution in [3.63, 3.8) is 0 Å². The van der Waals surface area contributed by atoms with E-state index in [1.54, 1.807) is 48.5 Å². The number of carboxylic acid groups (broad SMARTS) is 1. The van der Waals surface area contributed by atoms with Crippen LogP contribution in [0.1, 0.15) is 31.2 Å². The molecule has 1 heterocycles. The number of aromatic nitrogens is 1. The summed E-state index contributed by atoms with van der Waals surface area (Å²) in [5.74, 6) is -4.01. The van der Waals surface area contributed by atoms with Crippen LogP contribution in [-0.4, -0.2) is 87.3 Å². The van der Waals surface area contributed by atoms with E-state index in [-0.39, 0.29) is 29.4 Å². The lowest BCUT2D eigenvalue weighted by molar-refractivity contribution is -0.148. The van der Waals surface area contributed by atoms with Crippen LogP contribution >= 0.6 is 0 Å². The summed E-state index contributed by atoms with van der Waals surface area (Å²) in [5, 5.41) is 24.5. The zero-order valence-electron chi connectivity index (χ0n) is 25.1. The normalized spacial score (nSPS) is 21.1. The van der Waals surface area contributed by atoms with Crippen LogP contribution < -0.4 is 10.0 Å². The zero-order valence-corrected chi connectivity index (χ0v) is 26.7. The molecule has 0 spiro atoms. The van der Waals surface area contributed by atoms with E-state index in [9.17, 15) is 36.6 Å². The Morgan fingerprint density at radius 2 is 1.73 bits per heavy atom. The molecule has 0 saturated heterocycles. The molecular formula is C31H39N3O9S2. The minimum Gasteiger partial charge on any atom is -0.481 e.